The van der Waals surface area contributed by atoms with Crippen LogP contribution in [0.2, 0.25) is 0 Å². The van der Waals surface area contributed by atoms with E-state index in [1.807, 2.05) is 0 Å². The first-order valence-electron chi connectivity index (χ1n) is 3.97. The Morgan fingerprint density at radius 1 is 1.69 bits per heavy atom. The quantitative estimate of drug-likeness (QED) is 0.736. The van der Waals surface area contributed by atoms with E-state index in [-0.39, 0.29) is 5.97 Å². The number of carbonyl (C=O) groups is 1. The molecule has 0 spiro atoms. The molecule has 0 atom stereocenters. The molecule has 3 nitrogen and oxygen atoms in total. The van der Waals surface area contributed by atoms with Crippen molar-refractivity contribution in [2.75, 3.05) is 13.7 Å². The van der Waals surface area contributed by atoms with Crippen LogP contribution in [0.4, 0.5) is 0 Å². The number of hydrogen-bond acceptors (Lipinski definition) is 4. The minimum Gasteiger partial charge on any atom is -0.469 e. The summed E-state index contributed by atoms with van der Waals surface area (Å²) in [5, 5.41) is 2.07. The summed E-state index contributed by atoms with van der Waals surface area (Å²) in [5.41, 5.74) is 5.33. The number of methoxy groups -OCH3 is 1. The molecular formula is C9H15NO2S. The molecule has 0 unspecified atom stereocenters. The Hall–Kier alpha value is -0.870. The summed E-state index contributed by atoms with van der Waals surface area (Å²) in [7, 11) is 1.35. The van der Waals surface area contributed by atoms with E-state index in [1.54, 1.807) is 11.3 Å². The van der Waals surface area contributed by atoms with Gasteiger partial charge in [0, 0.05) is 11.8 Å². The normalized spacial score (nSPS) is 8.54. The fraction of sp³-hybridized carbons (Fsp3) is 0.444. The third-order valence-electron chi connectivity index (χ3n) is 1.26. The van der Waals surface area contributed by atoms with E-state index in [0.29, 0.717) is 0 Å². The lowest BCUT2D eigenvalue weighted by atomic mass is 10.3. The number of carbonyl (C=O) groups excluding carboxylic acids is 1. The molecule has 4 heteroatoms. The van der Waals surface area contributed by atoms with E-state index < -0.39 is 0 Å². The number of nitrogens with two attached hydrogens (primary N) is 1. The highest BCUT2D eigenvalue weighted by molar-refractivity contribution is 7.09. The van der Waals surface area contributed by atoms with Crippen molar-refractivity contribution in [3.05, 3.63) is 22.4 Å². The molecule has 0 amide bonds. The van der Waals surface area contributed by atoms with Crippen LogP contribution in [0.1, 0.15) is 11.8 Å². The largest absolute Gasteiger partial charge is 0.469 e. The smallest absolute Gasteiger partial charge is 0.302 e. The number of rotatable bonds is 2. The van der Waals surface area contributed by atoms with Crippen molar-refractivity contribution in [2.24, 2.45) is 5.73 Å². The second-order valence-corrected chi connectivity index (χ2v) is 3.35. The van der Waals surface area contributed by atoms with Gasteiger partial charge in [-0.05, 0) is 24.4 Å². The van der Waals surface area contributed by atoms with Crippen molar-refractivity contribution in [3.63, 3.8) is 0 Å². The van der Waals surface area contributed by atoms with Gasteiger partial charge in [-0.3, -0.25) is 4.79 Å². The minimum absolute atomic E-state index is 0.245. The molecule has 1 heterocycles. The third-order valence-corrected chi connectivity index (χ3v) is 2.19. The number of thiophene rings is 1. The Labute approximate surface area is 82.5 Å². The van der Waals surface area contributed by atoms with Crippen LogP contribution in [-0.4, -0.2) is 19.6 Å². The molecule has 0 saturated carbocycles. The SMILES string of the molecule is COC(C)=O.NCCc1cccs1. The van der Waals surface area contributed by atoms with Gasteiger partial charge >= 0.3 is 5.97 Å². The highest BCUT2D eigenvalue weighted by Crippen LogP contribution is 2.07. The van der Waals surface area contributed by atoms with Crippen molar-refractivity contribution >= 4 is 17.3 Å². The summed E-state index contributed by atoms with van der Waals surface area (Å²) in [6.45, 7) is 2.13. The average molecular weight is 201 g/mol. The van der Waals surface area contributed by atoms with Gasteiger partial charge in [0.2, 0.25) is 0 Å². The Bertz CT molecular complexity index is 222. The fourth-order valence-corrected chi connectivity index (χ4v) is 1.32. The first kappa shape index (κ1) is 12.1. The molecule has 0 bridgehead atoms. The van der Waals surface area contributed by atoms with Crippen LogP contribution in [0, 0.1) is 0 Å². The molecule has 1 aromatic heterocycles. The summed E-state index contributed by atoms with van der Waals surface area (Å²) in [5.74, 6) is -0.245. The van der Waals surface area contributed by atoms with Crippen LogP contribution in [0.25, 0.3) is 0 Å². The van der Waals surface area contributed by atoms with Gasteiger partial charge in [0.1, 0.15) is 0 Å². The summed E-state index contributed by atoms with van der Waals surface area (Å²) in [4.78, 5) is 11.0. The molecule has 0 aliphatic carbocycles. The standard InChI is InChI=1S/C6H9NS.C3H6O2/c7-4-3-6-2-1-5-8-6;1-3(4)5-2/h1-2,5H,3-4,7H2;1-2H3. The van der Waals surface area contributed by atoms with Crippen molar-refractivity contribution in [3.8, 4) is 0 Å². The average Bonchev–Trinajstić information content (AvgIpc) is 2.59. The van der Waals surface area contributed by atoms with Gasteiger partial charge in [-0.2, -0.15) is 0 Å². The summed E-state index contributed by atoms with van der Waals surface area (Å²) < 4.78 is 4.11. The fourth-order valence-electron chi connectivity index (χ4n) is 0.597. The van der Waals surface area contributed by atoms with E-state index in [0.717, 1.165) is 13.0 Å². The first-order valence-corrected chi connectivity index (χ1v) is 4.85. The predicted molar refractivity (Wildman–Crippen MR) is 54.8 cm³/mol. The third kappa shape index (κ3) is 7.49. The van der Waals surface area contributed by atoms with Crippen molar-refractivity contribution in [2.45, 2.75) is 13.3 Å². The summed E-state index contributed by atoms with van der Waals surface area (Å²) in [6.07, 6.45) is 1.03. The van der Waals surface area contributed by atoms with Gasteiger partial charge in [-0.1, -0.05) is 6.07 Å². The second-order valence-electron chi connectivity index (χ2n) is 2.31. The van der Waals surface area contributed by atoms with Crippen LogP contribution in [0.3, 0.4) is 0 Å². The van der Waals surface area contributed by atoms with Crippen molar-refractivity contribution in [1.29, 1.82) is 0 Å². The van der Waals surface area contributed by atoms with E-state index in [4.69, 9.17) is 5.73 Å². The van der Waals surface area contributed by atoms with Gasteiger partial charge in [0.15, 0.2) is 0 Å². The Morgan fingerprint density at radius 3 is 2.62 bits per heavy atom. The van der Waals surface area contributed by atoms with Gasteiger partial charge in [0.05, 0.1) is 7.11 Å². The lowest BCUT2D eigenvalue weighted by Crippen LogP contribution is -2.00. The number of hydrogen-bond donors (Lipinski definition) is 1. The number of ether oxygens (including phenoxy) is 1. The lowest BCUT2D eigenvalue weighted by Gasteiger charge is -1.86. The summed E-state index contributed by atoms with van der Waals surface area (Å²) >= 11 is 1.77. The van der Waals surface area contributed by atoms with E-state index >= 15 is 0 Å². The van der Waals surface area contributed by atoms with Crippen LogP contribution in [0.5, 0.6) is 0 Å². The maximum atomic E-state index is 9.59. The Balaban J connectivity index is 0.000000252. The molecule has 13 heavy (non-hydrogen) atoms. The number of esters is 1. The van der Waals surface area contributed by atoms with Crippen LogP contribution >= 0.6 is 11.3 Å². The molecule has 74 valence electrons. The van der Waals surface area contributed by atoms with Crippen LogP contribution < -0.4 is 5.73 Å². The molecular weight excluding hydrogens is 186 g/mol. The lowest BCUT2D eigenvalue weighted by molar-refractivity contribution is -0.137. The van der Waals surface area contributed by atoms with Gasteiger partial charge in [0.25, 0.3) is 0 Å². The van der Waals surface area contributed by atoms with Gasteiger partial charge in [-0.25, -0.2) is 0 Å². The van der Waals surface area contributed by atoms with Crippen LogP contribution in [-0.2, 0) is 16.0 Å². The van der Waals surface area contributed by atoms with Crippen LogP contribution in [0.15, 0.2) is 17.5 Å². The molecule has 0 fully saturated rings. The zero-order valence-electron chi connectivity index (χ0n) is 7.95. The maximum absolute atomic E-state index is 9.59. The molecule has 2 N–H and O–H groups in total. The Kier molecular flexibility index (Phi) is 7.24. The second kappa shape index (κ2) is 7.76. The molecule has 0 saturated heterocycles. The molecule has 0 aliphatic heterocycles. The predicted octanol–water partition coefficient (Wildman–Crippen LogP) is 1.43. The van der Waals surface area contributed by atoms with Crippen molar-refractivity contribution < 1.29 is 9.53 Å². The van der Waals surface area contributed by atoms with Gasteiger partial charge < -0.3 is 10.5 Å². The highest BCUT2D eigenvalue weighted by Gasteiger charge is 1.87. The van der Waals surface area contributed by atoms with E-state index in [2.05, 4.69) is 22.2 Å². The molecule has 0 radical (unpaired) electrons. The molecule has 0 aromatic carbocycles. The van der Waals surface area contributed by atoms with Crippen molar-refractivity contribution in [1.82, 2.24) is 0 Å². The maximum Gasteiger partial charge on any atom is 0.302 e. The van der Waals surface area contributed by atoms with E-state index in [9.17, 15) is 4.79 Å². The topological polar surface area (TPSA) is 52.3 Å². The summed E-state index contributed by atoms with van der Waals surface area (Å²) in [6, 6.07) is 4.16. The Morgan fingerprint density at radius 2 is 2.31 bits per heavy atom. The van der Waals surface area contributed by atoms with E-state index in [1.165, 1.54) is 18.9 Å². The first-order chi connectivity index (χ1) is 6.20. The molecule has 1 rings (SSSR count). The monoisotopic (exact) mass is 201 g/mol. The highest BCUT2D eigenvalue weighted by atomic mass is 32.1. The zero-order valence-corrected chi connectivity index (χ0v) is 8.76. The molecule has 1 aromatic rings. The minimum atomic E-state index is -0.245. The zero-order chi connectivity index (χ0) is 10.1. The molecule has 0 aliphatic rings. The van der Waals surface area contributed by atoms with Gasteiger partial charge in [-0.15, -0.1) is 11.3 Å².